The molecule has 18 heavy (non-hydrogen) atoms. The molecule has 104 valence electrons. The van der Waals surface area contributed by atoms with E-state index >= 15 is 0 Å². The average molecular weight is 256 g/mol. The summed E-state index contributed by atoms with van der Waals surface area (Å²) in [5.74, 6) is -1.44. The van der Waals surface area contributed by atoms with Crippen molar-refractivity contribution in [3.05, 3.63) is 18.7 Å². The molecule has 0 spiro atoms. The summed E-state index contributed by atoms with van der Waals surface area (Å²) in [4.78, 5) is 12.4. The number of rotatable bonds is 7. The zero-order chi connectivity index (χ0) is 13.8. The quantitative estimate of drug-likeness (QED) is 0.547. The summed E-state index contributed by atoms with van der Waals surface area (Å²) in [7, 11) is 0. The standard InChI is InChI=1S/C10H18N2.C3H6O3/c1-2-3-4-5-6-8-12-9-7-11-10-12;1-2(4)3(5)6/h7,9-10H,2-6,8H2,1H3;2,4H,1H3,(H,5,6). The van der Waals surface area contributed by atoms with Crippen LogP contribution in [0.4, 0.5) is 0 Å². The van der Waals surface area contributed by atoms with Crippen LogP contribution < -0.4 is 9.67 Å². The Hall–Kier alpha value is -1.36. The number of carboxylic acids is 1. The molecular formula is C13H24N2O3. The number of imidazole rings is 1. The molecule has 0 aliphatic heterocycles. The molecule has 1 aromatic rings. The number of aryl methyl sites for hydroxylation is 1. The van der Waals surface area contributed by atoms with Crippen LogP contribution in [0, 0.1) is 0 Å². The van der Waals surface area contributed by atoms with E-state index < -0.39 is 12.1 Å². The van der Waals surface area contributed by atoms with E-state index in [-0.39, 0.29) is 0 Å². The third-order valence-corrected chi connectivity index (χ3v) is 2.46. The maximum atomic E-state index is 9.34. The first-order valence-corrected chi connectivity index (χ1v) is 6.48. The SMILES string of the molecule is CC(O)C(=O)[O-].CCCCCCC[n+]1cc[nH]c1. The zero-order valence-electron chi connectivity index (χ0n) is 11.3. The Kier molecular flexibility index (Phi) is 9.96. The van der Waals surface area contributed by atoms with Crippen molar-refractivity contribution in [2.75, 3.05) is 0 Å². The number of carbonyl (C=O) groups excluding carboxylic acids is 1. The number of carbonyl (C=O) groups is 1. The van der Waals surface area contributed by atoms with Crippen LogP contribution in [0.25, 0.3) is 0 Å². The molecule has 1 unspecified atom stereocenters. The van der Waals surface area contributed by atoms with Crippen molar-refractivity contribution >= 4 is 5.97 Å². The summed E-state index contributed by atoms with van der Waals surface area (Å²) >= 11 is 0. The van der Waals surface area contributed by atoms with Gasteiger partial charge in [-0.3, -0.25) is 4.98 Å². The van der Waals surface area contributed by atoms with Gasteiger partial charge in [-0.1, -0.05) is 26.2 Å². The maximum Gasteiger partial charge on any atom is 0.241 e. The lowest BCUT2D eigenvalue weighted by Crippen LogP contribution is -2.32. The van der Waals surface area contributed by atoms with Gasteiger partial charge >= 0.3 is 0 Å². The molecule has 0 radical (unpaired) electrons. The number of aromatic nitrogens is 2. The smallest absolute Gasteiger partial charge is 0.241 e. The zero-order valence-corrected chi connectivity index (χ0v) is 11.3. The number of nitrogens with zero attached hydrogens (tertiary/aromatic N) is 1. The molecular weight excluding hydrogens is 232 g/mol. The van der Waals surface area contributed by atoms with Gasteiger partial charge in [-0.15, -0.1) is 0 Å². The van der Waals surface area contributed by atoms with Crippen LogP contribution in [0.15, 0.2) is 18.7 Å². The number of unbranched alkanes of at least 4 members (excludes halogenated alkanes) is 4. The van der Waals surface area contributed by atoms with Crippen molar-refractivity contribution in [2.45, 2.75) is 58.6 Å². The van der Waals surface area contributed by atoms with E-state index in [1.165, 1.54) is 32.1 Å². The van der Waals surface area contributed by atoms with Gasteiger partial charge in [0.05, 0.1) is 18.6 Å². The van der Waals surface area contributed by atoms with E-state index in [2.05, 4.69) is 22.7 Å². The monoisotopic (exact) mass is 256 g/mol. The number of hydrogen-bond acceptors (Lipinski definition) is 3. The Morgan fingerprint density at radius 2 is 2.00 bits per heavy atom. The lowest BCUT2D eigenvalue weighted by Gasteiger charge is -2.00. The minimum Gasteiger partial charge on any atom is -0.547 e. The number of aliphatic carboxylic acids is 1. The van der Waals surface area contributed by atoms with Gasteiger partial charge in [0.15, 0.2) is 0 Å². The van der Waals surface area contributed by atoms with Crippen molar-refractivity contribution in [3.8, 4) is 0 Å². The molecule has 0 aliphatic rings. The number of carboxylic acid groups (broad SMARTS) is 1. The molecule has 0 bridgehead atoms. The van der Waals surface area contributed by atoms with Crippen molar-refractivity contribution in [3.63, 3.8) is 0 Å². The summed E-state index contributed by atoms with van der Waals surface area (Å²) in [6.45, 7) is 4.55. The third-order valence-electron chi connectivity index (χ3n) is 2.46. The van der Waals surface area contributed by atoms with Crippen LogP contribution in [-0.4, -0.2) is 22.2 Å². The molecule has 0 aliphatic carbocycles. The molecule has 1 heterocycles. The molecule has 0 amide bonds. The van der Waals surface area contributed by atoms with Gasteiger partial charge in [0.1, 0.15) is 12.4 Å². The Bertz CT molecular complexity index is 297. The second kappa shape index (κ2) is 10.8. The van der Waals surface area contributed by atoms with Crippen molar-refractivity contribution < 1.29 is 19.6 Å². The largest absolute Gasteiger partial charge is 0.547 e. The number of nitrogens with one attached hydrogen (secondary N) is 1. The minimum absolute atomic E-state index is 1.13. The van der Waals surface area contributed by atoms with E-state index in [9.17, 15) is 9.90 Å². The Morgan fingerprint density at radius 1 is 1.39 bits per heavy atom. The fourth-order valence-electron chi connectivity index (χ4n) is 1.36. The highest BCUT2D eigenvalue weighted by Gasteiger charge is 1.95. The van der Waals surface area contributed by atoms with Gasteiger partial charge in [-0.2, -0.15) is 0 Å². The van der Waals surface area contributed by atoms with Crippen molar-refractivity contribution in [1.29, 1.82) is 0 Å². The molecule has 0 fully saturated rings. The van der Waals surface area contributed by atoms with Crippen LogP contribution >= 0.6 is 0 Å². The number of aliphatic hydroxyl groups excluding tert-OH is 1. The molecule has 0 aromatic carbocycles. The van der Waals surface area contributed by atoms with Crippen LogP contribution in [0.5, 0.6) is 0 Å². The summed E-state index contributed by atoms with van der Waals surface area (Å²) in [6.07, 6.45) is 11.5. The normalized spacial score (nSPS) is 11.5. The second-order valence-electron chi connectivity index (χ2n) is 4.26. The molecule has 5 nitrogen and oxygen atoms in total. The molecule has 1 rings (SSSR count). The highest BCUT2D eigenvalue weighted by atomic mass is 16.4. The molecule has 0 saturated heterocycles. The first kappa shape index (κ1) is 16.6. The topological polar surface area (TPSA) is 80.0 Å². The lowest BCUT2D eigenvalue weighted by atomic mass is 10.1. The molecule has 2 N–H and O–H groups in total. The number of aromatic amines is 1. The summed E-state index contributed by atoms with van der Waals surface area (Å²) in [5.41, 5.74) is 0. The summed E-state index contributed by atoms with van der Waals surface area (Å²) in [5, 5.41) is 17.3. The molecule has 1 atom stereocenters. The van der Waals surface area contributed by atoms with Gasteiger partial charge in [-0.25, -0.2) is 4.57 Å². The average Bonchev–Trinajstić information content (AvgIpc) is 2.82. The molecule has 1 aromatic heterocycles. The third kappa shape index (κ3) is 9.84. The number of aliphatic hydroxyl groups is 1. The maximum absolute atomic E-state index is 9.34. The van der Waals surface area contributed by atoms with Crippen molar-refractivity contribution in [2.24, 2.45) is 0 Å². The highest BCUT2D eigenvalue weighted by Crippen LogP contribution is 2.01. The van der Waals surface area contributed by atoms with E-state index in [4.69, 9.17) is 5.11 Å². The van der Waals surface area contributed by atoms with Crippen LogP contribution in [0.2, 0.25) is 0 Å². The van der Waals surface area contributed by atoms with Crippen LogP contribution in [-0.2, 0) is 11.3 Å². The van der Waals surface area contributed by atoms with Gasteiger partial charge in [0.25, 0.3) is 0 Å². The van der Waals surface area contributed by atoms with E-state index in [0.29, 0.717) is 0 Å². The van der Waals surface area contributed by atoms with E-state index in [1.54, 1.807) is 0 Å². The first-order chi connectivity index (χ1) is 8.57. The summed E-state index contributed by atoms with van der Waals surface area (Å²) in [6, 6.07) is 0. The van der Waals surface area contributed by atoms with Gasteiger partial charge < -0.3 is 15.0 Å². The first-order valence-electron chi connectivity index (χ1n) is 6.48. The van der Waals surface area contributed by atoms with Gasteiger partial charge in [-0.05, 0) is 19.8 Å². The fraction of sp³-hybridized carbons (Fsp3) is 0.692. The second-order valence-corrected chi connectivity index (χ2v) is 4.26. The predicted molar refractivity (Wildman–Crippen MR) is 66.4 cm³/mol. The lowest BCUT2D eigenvalue weighted by molar-refractivity contribution is -0.696. The van der Waals surface area contributed by atoms with E-state index in [1.807, 2.05) is 12.5 Å². The Morgan fingerprint density at radius 3 is 2.44 bits per heavy atom. The van der Waals surface area contributed by atoms with Crippen LogP contribution in [0.1, 0.15) is 46.0 Å². The van der Waals surface area contributed by atoms with Crippen molar-refractivity contribution in [1.82, 2.24) is 4.98 Å². The Labute approximate surface area is 108 Å². The van der Waals surface area contributed by atoms with E-state index in [0.717, 1.165) is 13.5 Å². The Balaban J connectivity index is 0.000000411. The fourth-order valence-corrected chi connectivity index (χ4v) is 1.36. The van der Waals surface area contributed by atoms with Crippen LogP contribution in [0.3, 0.4) is 0 Å². The summed E-state index contributed by atoms with van der Waals surface area (Å²) < 4.78 is 2.20. The molecule has 0 saturated carbocycles. The number of H-pyrrole nitrogens is 1. The number of hydrogen-bond donors (Lipinski definition) is 2. The predicted octanol–water partition coefficient (Wildman–Crippen LogP) is 0.390. The minimum atomic E-state index is -1.44. The highest BCUT2D eigenvalue weighted by molar-refractivity contribution is 5.68. The van der Waals surface area contributed by atoms with Gasteiger partial charge in [0, 0.05) is 0 Å². The van der Waals surface area contributed by atoms with Gasteiger partial charge in [0.2, 0.25) is 6.33 Å². The molecule has 5 heteroatoms.